The van der Waals surface area contributed by atoms with Gasteiger partial charge in [0.2, 0.25) is 0 Å². The number of nitro benzene ring substituents is 1. The number of nitrogen functional groups attached to an aromatic ring is 1. The minimum absolute atomic E-state index is 0.0635. The molecule has 0 spiro atoms. The summed E-state index contributed by atoms with van der Waals surface area (Å²) in [6, 6.07) is 10.6. The predicted octanol–water partition coefficient (Wildman–Crippen LogP) is 3.56. The molecule has 140 valence electrons. The topological polar surface area (TPSA) is 110 Å². The quantitative estimate of drug-likeness (QED) is 0.426. The van der Waals surface area contributed by atoms with Crippen LogP contribution in [0.15, 0.2) is 36.4 Å². The highest BCUT2D eigenvalue weighted by atomic mass is 16.6. The molecule has 0 aromatic heterocycles. The van der Waals surface area contributed by atoms with Crippen LogP contribution in [-0.4, -0.2) is 16.9 Å². The van der Waals surface area contributed by atoms with Crippen LogP contribution in [0.1, 0.15) is 53.2 Å². The molecule has 1 unspecified atom stereocenters. The zero-order valence-corrected chi connectivity index (χ0v) is 14.9. The third kappa shape index (κ3) is 3.72. The molecule has 2 aliphatic rings. The molecular formula is C20H22N4O3. The number of carbonyl (C=O) groups excluding carboxylic acids is 1. The van der Waals surface area contributed by atoms with Crippen LogP contribution in [0.25, 0.3) is 0 Å². The minimum atomic E-state index is -0.444. The maximum atomic E-state index is 12.7. The number of hydrogen-bond acceptors (Lipinski definition) is 5. The van der Waals surface area contributed by atoms with E-state index in [2.05, 4.69) is 10.6 Å². The number of nitrogens with zero attached hydrogens (tertiary/aromatic N) is 1. The van der Waals surface area contributed by atoms with Gasteiger partial charge in [-0.3, -0.25) is 14.9 Å². The predicted molar refractivity (Wildman–Crippen MR) is 104 cm³/mol. The fraction of sp³-hybridized carbons (Fsp3) is 0.350. The summed E-state index contributed by atoms with van der Waals surface area (Å²) in [5.41, 5.74) is 9.51. The number of amides is 1. The standard InChI is InChI=1S/C20H22N4O3/c21-14-5-8-16-12(10-14)2-1-3-17(16)23-20(25)13-4-9-18(22-15-6-7-15)19(11-13)24(26)27/h4-5,8-11,15,17,22H,1-3,6-7,21H2,(H,23,25). The molecule has 1 amide bonds. The number of carbonyl (C=O) groups is 1. The lowest BCUT2D eigenvalue weighted by Crippen LogP contribution is -2.31. The molecule has 0 heterocycles. The maximum Gasteiger partial charge on any atom is 0.293 e. The second-order valence-electron chi connectivity index (χ2n) is 7.28. The van der Waals surface area contributed by atoms with E-state index in [9.17, 15) is 14.9 Å². The van der Waals surface area contributed by atoms with Crippen molar-refractivity contribution in [2.24, 2.45) is 0 Å². The van der Waals surface area contributed by atoms with Gasteiger partial charge < -0.3 is 16.4 Å². The van der Waals surface area contributed by atoms with Crippen molar-refractivity contribution < 1.29 is 9.72 Å². The van der Waals surface area contributed by atoms with E-state index in [4.69, 9.17) is 5.73 Å². The Balaban J connectivity index is 1.55. The SMILES string of the molecule is Nc1ccc2c(c1)CCCC2NC(=O)c1ccc(NC2CC2)c([N+](=O)[O-])c1. The smallest absolute Gasteiger partial charge is 0.293 e. The summed E-state index contributed by atoms with van der Waals surface area (Å²) >= 11 is 0. The highest BCUT2D eigenvalue weighted by Crippen LogP contribution is 2.33. The number of rotatable bonds is 5. The fourth-order valence-corrected chi connectivity index (χ4v) is 3.62. The van der Waals surface area contributed by atoms with Crippen LogP contribution >= 0.6 is 0 Å². The lowest BCUT2D eigenvalue weighted by Gasteiger charge is -2.26. The molecule has 2 aromatic carbocycles. The fourth-order valence-electron chi connectivity index (χ4n) is 3.62. The molecule has 7 nitrogen and oxygen atoms in total. The molecule has 0 saturated heterocycles. The van der Waals surface area contributed by atoms with Crippen molar-refractivity contribution in [2.45, 2.75) is 44.2 Å². The highest BCUT2D eigenvalue weighted by molar-refractivity contribution is 5.96. The zero-order chi connectivity index (χ0) is 19.0. The first-order valence-corrected chi connectivity index (χ1v) is 9.25. The van der Waals surface area contributed by atoms with E-state index in [0.717, 1.165) is 48.9 Å². The Kier molecular flexibility index (Phi) is 4.43. The number of hydrogen-bond donors (Lipinski definition) is 3. The molecular weight excluding hydrogens is 344 g/mol. The second-order valence-corrected chi connectivity index (χ2v) is 7.28. The van der Waals surface area contributed by atoms with Gasteiger partial charge in [-0.25, -0.2) is 0 Å². The first-order chi connectivity index (χ1) is 13.0. The molecule has 0 aliphatic heterocycles. The van der Waals surface area contributed by atoms with Crippen LogP contribution in [-0.2, 0) is 6.42 Å². The third-order valence-corrected chi connectivity index (χ3v) is 5.18. The molecule has 0 bridgehead atoms. The van der Waals surface area contributed by atoms with E-state index in [1.54, 1.807) is 12.1 Å². The van der Waals surface area contributed by atoms with Crippen LogP contribution in [0, 0.1) is 10.1 Å². The maximum absolute atomic E-state index is 12.7. The zero-order valence-electron chi connectivity index (χ0n) is 14.9. The molecule has 0 radical (unpaired) electrons. The van der Waals surface area contributed by atoms with Gasteiger partial charge in [0.15, 0.2) is 0 Å². The molecule has 2 aromatic rings. The van der Waals surface area contributed by atoms with Crippen LogP contribution in [0.3, 0.4) is 0 Å². The van der Waals surface area contributed by atoms with Crippen molar-refractivity contribution in [1.82, 2.24) is 5.32 Å². The van der Waals surface area contributed by atoms with Gasteiger partial charge in [0, 0.05) is 23.4 Å². The summed E-state index contributed by atoms with van der Waals surface area (Å²) < 4.78 is 0. The van der Waals surface area contributed by atoms with Crippen LogP contribution in [0.5, 0.6) is 0 Å². The first-order valence-electron chi connectivity index (χ1n) is 9.25. The molecule has 1 fully saturated rings. The molecule has 4 rings (SSSR count). The number of nitrogens with one attached hydrogen (secondary N) is 2. The number of fused-ring (bicyclic) bond motifs is 1. The van der Waals surface area contributed by atoms with Gasteiger partial charge >= 0.3 is 0 Å². The van der Waals surface area contributed by atoms with Crippen molar-refractivity contribution in [3.05, 3.63) is 63.2 Å². The molecule has 2 aliphatic carbocycles. The Labute approximate surface area is 157 Å². The summed E-state index contributed by atoms with van der Waals surface area (Å²) in [4.78, 5) is 23.7. The van der Waals surface area contributed by atoms with Crippen molar-refractivity contribution in [2.75, 3.05) is 11.1 Å². The molecule has 4 N–H and O–H groups in total. The Morgan fingerprint density at radius 2 is 1.96 bits per heavy atom. The first kappa shape index (κ1) is 17.3. The molecule has 1 atom stereocenters. The van der Waals surface area contributed by atoms with Gasteiger partial charge in [-0.1, -0.05) is 6.07 Å². The Morgan fingerprint density at radius 3 is 2.70 bits per heavy atom. The van der Waals surface area contributed by atoms with Crippen molar-refractivity contribution in [3.8, 4) is 0 Å². The van der Waals surface area contributed by atoms with Gasteiger partial charge in [0.05, 0.1) is 11.0 Å². The van der Waals surface area contributed by atoms with E-state index in [-0.39, 0.29) is 17.6 Å². The van der Waals surface area contributed by atoms with E-state index in [1.807, 2.05) is 18.2 Å². The number of aryl methyl sites for hydroxylation is 1. The summed E-state index contributed by atoms with van der Waals surface area (Å²) in [7, 11) is 0. The third-order valence-electron chi connectivity index (χ3n) is 5.18. The lowest BCUT2D eigenvalue weighted by atomic mass is 9.87. The summed E-state index contributed by atoms with van der Waals surface area (Å²) in [5.74, 6) is -0.300. The Morgan fingerprint density at radius 1 is 1.15 bits per heavy atom. The Bertz CT molecular complexity index is 908. The van der Waals surface area contributed by atoms with E-state index in [0.29, 0.717) is 17.3 Å². The van der Waals surface area contributed by atoms with Gasteiger partial charge in [-0.05, 0) is 67.5 Å². The van der Waals surface area contributed by atoms with Crippen molar-refractivity contribution >= 4 is 23.0 Å². The average molecular weight is 366 g/mol. The van der Waals surface area contributed by atoms with E-state index < -0.39 is 4.92 Å². The summed E-state index contributed by atoms with van der Waals surface area (Å²) in [6.07, 6.45) is 4.79. The van der Waals surface area contributed by atoms with Crippen molar-refractivity contribution in [1.29, 1.82) is 0 Å². The van der Waals surface area contributed by atoms with Gasteiger partial charge in [0.25, 0.3) is 11.6 Å². The van der Waals surface area contributed by atoms with Crippen molar-refractivity contribution in [3.63, 3.8) is 0 Å². The number of anilines is 2. The second kappa shape index (κ2) is 6.90. The van der Waals surface area contributed by atoms with Gasteiger partial charge in [-0.2, -0.15) is 0 Å². The average Bonchev–Trinajstić information content (AvgIpc) is 3.45. The monoisotopic (exact) mass is 366 g/mol. The number of nitrogens with two attached hydrogens (primary N) is 1. The summed E-state index contributed by atoms with van der Waals surface area (Å²) in [5, 5.41) is 17.6. The Hall–Kier alpha value is -3.09. The van der Waals surface area contributed by atoms with E-state index in [1.165, 1.54) is 6.07 Å². The lowest BCUT2D eigenvalue weighted by molar-refractivity contribution is -0.384. The normalized spacial score (nSPS) is 18.4. The van der Waals surface area contributed by atoms with Crippen LogP contribution in [0.4, 0.5) is 17.1 Å². The summed E-state index contributed by atoms with van der Waals surface area (Å²) in [6.45, 7) is 0. The van der Waals surface area contributed by atoms with Crippen LogP contribution < -0.4 is 16.4 Å². The van der Waals surface area contributed by atoms with Gasteiger partial charge in [0.1, 0.15) is 5.69 Å². The van der Waals surface area contributed by atoms with Gasteiger partial charge in [-0.15, -0.1) is 0 Å². The molecule has 7 heteroatoms. The number of nitro groups is 1. The molecule has 27 heavy (non-hydrogen) atoms. The minimum Gasteiger partial charge on any atom is -0.399 e. The molecule has 1 saturated carbocycles. The van der Waals surface area contributed by atoms with Crippen LogP contribution in [0.2, 0.25) is 0 Å². The highest BCUT2D eigenvalue weighted by Gasteiger charge is 2.27. The van der Waals surface area contributed by atoms with E-state index >= 15 is 0 Å². The number of benzene rings is 2. The largest absolute Gasteiger partial charge is 0.399 e.